The highest BCUT2D eigenvalue weighted by atomic mass is 35.5. The molecule has 3 rings (SSSR count). The van der Waals surface area contributed by atoms with E-state index in [1.54, 1.807) is 18.2 Å². The lowest BCUT2D eigenvalue weighted by Crippen LogP contribution is -2.06. The van der Waals surface area contributed by atoms with Gasteiger partial charge in [0.25, 0.3) is 0 Å². The molecule has 0 saturated heterocycles. The van der Waals surface area contributed by atoms with Gasteiger partial charge in [0.05, 0.1) is 4.92 Å². The highest BCUT2D eigenvalue weighted by molar-refractivity contribution is 6.30. The summed E-state index contributed by atoms with van der Waals surface area (Å²) in [6.07, 6.45) is 1.28. The summed E-state index contributed by atoms with van der Waals surface area (Å²) in [6.45, 7) is 3.76. The second-order valence-electron chi connectivity index (χ2n) is 5.70. The molecule has 26 heavy (non-hydrogen) atoms. The fourth-order valence-electron chi connectivity index (χ4n) is 2.47. The molecule has 0 atom stereocenters. The van der Waals surface area contributed by atoms with E-state index in [1.165, 1.54) is 6.33 Å². The van der Waals surface area contributed by atoms with Gasteiger partial charge in [0, 0.05) is 16.4 Å². The molecule has 0 amide bonds. The lowest BCUT2D eigenvalue weighted by atomic mass is 10.2. The average molecular weight is 370 g/mol. The van der Waals surface area contributed by atoms with E-state index in [9.17, 15) is 10.1 Å². The molecule has 0 bridgehead atoms. The third-order valence-electron chi connectivity index (χ3n) is 3.84. The number of halogens is 1. The lowest BCUT2D eigenvalue weighted by molar-refractivity contribution is -0.383. The highest BCUT2D eigenvalue weighted by Gasteiger charge is 2.24. The molecule has 0 aliphatic rings. The van der Waals surface area contributed by atoms with E-state index < -0.39 is 4.92 Å². The number of aromatic nitrogens is 2. The Morgan fingerprint density at radius 3 is 2.15 bits per heavy atom. The van der Waals surface area contributed by atoms with Crippen molar-refractivity contribution in [3.05, 3.63) is 75.1 Å². The fraction of sp³-hybridized carbons (Fsp3) is 0.111. The number of hydrogen-bond acceptors (Lipinski definition) is 6. The van der Waals surface area contributed by atoms with E-state index in [2.05, 4.69) is 20.6 Å². The second-order valence-corrected chi connectivity index (χ2v) is 6.14. The Bertz CT molecular complexity index is 978. The second kappa shape index (κ2) is 7.37. The lowest BCUT2D eigenvalue weighted by Gasteiger charge is -2.12. The molecule has 0 aliphatic carbocycles. The van der Waals surface area contributed by atoms with Crippen molar-refractivity contribution in [3.63, 3.8) is 0 Å². The van der Waals surface area contributed by atoms with Crippen molar-refractivity contribution in [1.29, 1.82) is 0 Å². The van der Waals surface area contributed by atoms with E-state index in [-0.39, 0.29) is 17.3 Å². The predicted molar refractivity (Wildman–Crippen MR) is 103 cm³/mol. The van der Waals surface area contributed by atoms with Gasteiger partial charge in [-0.15, -0.1) is 0 Å². The molecule has 7 nitrogen and oxygen atoms in total. The van der Waals surface area contributed by atoms with Gasteiger partial charge in [0.2, 0.25) is 11.6 Å². The van der Waals surface area contributed by atoms with Crippen LogP contribution in [-0.4, -0.2) is 14.9 Å². The molecule has 3 aromatic rings. The van der Waals surface area contributed by atoms with Crippen LogP contribution in [0.3, 0.4) is 0 Å². The summed E-state index contributed by atoms with van der Waals surface area (Å²) in [7, 11) is 0. The number of hydrogen-bond donors (Lipinski definition) is 2. The number of nitrogens with one attached hydrogen (secondary N) is 2. The molecule has 0 unspecified atom stereocenters. The Hall–Kier alpha value is -3.19. The Morgan fingerprint density at radius 1 is 0.962 bits per heavy atom. The van der Waals surface area contributed by atoms with Crippen LogP contribution in [0.4, 0.5) is 28.7 Å². The van der Waals surface area contributed by atoms with Crippen LogP contribution in [0.5, 0.6) is 0 Å². The number of anilines is 4. The molecule has 0 fully saturated rings. The third-order valence-corrected chi connectivity index (χ3v) is 4.08. The van der Waals surface area contributed by atoms with Gasteiger partial charge in [-0.25, -0.2) is 9.97 Å². The Labute approximate surface area is 155 Å². The molecule has 1 heterocycles. The van der Waals surface area contributed by atoms with Gasteiger partial charge >= 0.3 is 5.69 Å². The zero-order valence-electron chi connectivity index (χ0n) is 14.2. The van der Waals surface area contributed by atoms with E-state index in [0.717, 1.165) is 16.8 Å². The largest absolute Gasteiger partial charge is 0.353 e. The van der Waals surface area contributed by atoms with Crippen molar-refractivity contribution in [2.45, 2.75) is 13.8 Å². The minimum Gasteiger partial charge on any atom is -0.334 e. The summed E-state index contributed by atoms with van der Waals surface area (Å²) < 4.78 is 0. The van der Waals surface area contributed by atoms with Gasteiger partial charge in [0.1, 0.15) is 6.33 Å². The molecule has 132 valence electrons. The smallest absolute Gasteiger partial charge is 0.334 e. The van der Waals surface area contributed by atoms with Crippen LogP contribution < -0.4 is 10.6 Å². The normalized spacial score (nSPS) is 10.4. The number of rotatable bonds is 5. The topological polar surface area (TPSA) is 93.0 Å². The number of para-hydroxylation sites is 1. The van der Waals surface area contributed by atoms with Gasteiger partial charge in [-0.05, 0) is 49.2 Å². The maximum atomic E-state index is 11.7. The molecule has 2 N–H and O–H groups in total. The van der Waals surface area contributed by atoms with Crippen molar-refractivity contribution in [2.24, 2.45) is 0 Å². The number of nitro groups is 1. The molecule has 0 radical (unpaired) electrons. The average Bonchev–Trinajstić information content (AvgIpc) is 2.59. The van der Waals surface area contributed by atoms with Gasteiger partial charge in [-0.2, -0.15) is 0 Å². The van der Waals surface area contributed by atoms with Gasteiger partial charge in [0.15, 0.2) is 0 Å². The molecule has 2 aromatic carbocycles. The Balaban J connectivity index is 2.01. The number of aryl methyl sites for hydroxylation is 2. The van der Waals surface area contributed by atoms with Crippen LogP contribution in [0.15, 0.2) is 48.8 Å². The van der Waals surface area contributed by atoms with Crippen molar-refractivity contribution in [2.75, 3.05) is 10.6 Å². The quantitative estimate of drug-likeness (QED) is 0.477. The van der Waals surface area contributed by atoms with Crippen LogP contribution in [0, 0.1) is 24.0 Å². The first-order valence-electron chi connectivity index (χ1n) is 7.81. The van der Waals surface area contributed by atoms with E-state index in [1.807, 2.05) is 38.1 Å². The van der Waals surface area contributed by atoms with E-state index in [4.69, 9.17) is 11.6 Å². The Kier molecular flexibility index (Phi) is 4.99. The van der Waals surface area contributed by atoms with Crippen molar-refractivity contribution in [1.82, 2.24) is 9.97 Å². The fourth-order valence-corrected chi connectivity index (χ4v) is 2.70. The van der Waals surface area contributed by atoms with Crippen LogP contribution in [0.25, 0.3) is 0 Å². The van der Waals surface area contributed by atoms with E-state index in [0.29, 0.717) is 10.7 Å². The molecule has 0 saturated carbocycles. The van der Waals surface area contributed by atoms with Crippen LogP contribution in [-0.2, 0) is 0 Å². The summed E-state index contributed by atoms with van der Waals surface area (Å²) in [4.78, 5) is 19.3. The molecule has 0 spiro atoms. The van der Waals surface area contributed by atoms with Gasteiger partial charge < -0.3 is 10.6 Å². The van der Waals surface area contributed by atoms with Crippen LogP contribution in [0.1, 0.15) is 11.1 Å². The summed E-state index contributed by atoms with van der Waals surface area (Å²) in [5.74, 6) is 0.222. The molecule has 0 aliphatic heterocycles. The first kappa shape index (κ1) is 17.6. The van der Waals surface area contributed by atoms with Crippen molar-refractivity contribution < 1.29 is 4.92 Å². The Morgan fingerprint density at radius 2 is 1.58 bits per heavy atom. The maximum Gasteiger partial charge on any atom is 0.353 e. The van der Waals surface area contributed by atoms with Crippen molar-refractivity contribution >= 4 is 40.3 Å². The zero-order valence-corrected chi connectivity index (χ0v) is 14.9. The number of benzene rings is 2. The monoisotopic (exact) mass is 369 g/mol. The zero-order chi connectivity index (χ0) is 18.7. The third kappa shape index (κ3) is 3.73. The minimum atomic E-state index is -0.506. The summed E-state index contributed by atoms with van der Waals surface area (Å²) >= 11 is 5.96. The predicted octanol–water partition coefficient (Wildman–Crippen LogP) is 5.14. The van der Waals surface area contributed by atoms with Gasteiger partial charge in [-0.3, -0.25) is 10.1 Å². The number of nitrogens with zero attached hydrogens (tertiary/aromatic N) is 3. The van der Waals surface area contributed by atoms with E-state index >= 15 is 0 Å². The highest BCUT2D eigenvalue weighted by Crippen LogP contribution is 2.34. The van der Waals surface area contributed by atoms with Crippen LogP contribution in [0.2, 0.25) is 5.02 Å². The maximum absolute atomic E-state index is 11.7. The van der Waals surface area contributed by atoms with Crippen molar-refractivity contribution in [3.8, 4) is 0 Å². The molecular formula is C18H16ClN5O2. The first-order chi connectivity index (χ1) is 12.5. The van der Waals surface area contributed by atoms with Crippen LogP contribution >= 0.6 is 11.6 Å². The van der Waals surface area contributed by atoms with Gasteiger partial charge in [-0.1, -0.05) is 29.8 Å². The summed E-state index contributed by atoms with van der Waals surface area (Å²) in [5.41, 5.74) is 2.98. The molecule has 1 aromatic heterocycles. The molecular weight excluding hydrogens is 354 g/mol. The standard InChI is InChI=1S/C18H16ClN5O2/c1-11-5-3-4-6-14(11)22-17-16(24(25)26)18(21-10-20-17)23-15-8-7-13(19)9-12(15)2/h3-10H,1-2H3,(H2,20,21,22,23). The molecule has 8 heteroatoms. The first-order valence-corrected chi connectivity index (χ1v) is 8.18. The summed E-state index contributed by atoms with van der Waals surface area (Å²) in [5, 5.41) is 18.3. The SMILES string of the molecule is Cc1ccccc1Nc1ncnc(Nc2ccc(Cl)cc2C)c1[N+](=O)[O-]. The minimum absolute atomic E-state index is 0.103. The summed E-state index contributed by atoms with van der Waals surface area (Å²) in [6, 6.07) is 12.7.